The lowest BCUT2D eigenvalue weighted by Gasteiger charge is -2.27. The molecule has 1 heterocycles. The summed E-state index contributed by atoms with van der Waals surface area (Å²) in [5.74, 6) is -8.14. The number of nitrogens with two attached hydrogens (primary N) is 4. The highest BCUT2D eigenvalue weighted by molar-refractivity contribution is 5.98. The third-order valence-corrected chi connectivity index (χ3v) is 12.4. The topological polar surface area (TPSA) is 362 Å². The molecule has 21 nitrogen and oxygen atoms in total. The van der Waals surface area contributed by atoms with Crippen LogP contribution < -0.4 is 60.2 Å². The Kier molecular flexibility index (Phi) is 29.7. The predicted octanol–water partition coefficient (Wildman–Crippen LogP) is -0.619. The molecule has 0 unspecified atom stereocenters. The van der Waals surface area contributed by atoms with E-state index >= 15 is 0 Å². The van der Waals surface area contributed by atoms with Gasteiger partial charge in [-0.25, -0.2) is 0 Å². The van der Waals surface area contributed by atoms with E-state index in [1.165, 1.54) is 6.92 Å². The molecule has 1 aliphatic rings. The van der Waals surface area contributed by atoms with E-state index < -0.39 is 108 Å². The number of nitrogens with one attached hydrogen (secondary N) is 7. The van der Waals surface area contributed by atoms with Crippen molar-refractivity contribution in [1.29, 1.82) is 0 Å². The predicted molar refractivity (Wildman–Crippen MR) is 269 cm³/mol. The number of ketones is 2. The molecule has 1 saturated heterocycles. The standard InChI is InChI=1S/C50H85N11O10/c1-5-6-7-8-12-15-36(62)30-37(63)28-34(16-21-51)45(66)57-38-20-25-55-47(68)41(26-31(2)3)61-49(70)40(19-24-54)59-48(69)39(18-23-53)58-44(65)32(4)56-50(71)42(27-33-13-10-9-11-14-33)60-46(67)35(17-22-52)29-43(38)64/h9-11,13-14,31-32,34-36,38-42,62H,5-8,12,15-30,51-54H2,1-4H3,(H,55,68)(H,56,71)(H,57,66)(H,58,65)(H,59,69)(H,60,67)(H,61,70)/t32-,34+,35+,36+,38+,39-,40-,41-,42+/m0/s1. The van der Waals surface area contributed by atoms with Gasteiger partial charge in [0, 0.05) is 44.1 Å². The number of benzene rings is 1. The number of aliphatic hydroxyl groups is 1. The summed E-state index contributed by atoms with van der Waals surface area (Å²) < 4.78 is 0. The van der Waals surface area contributed by atoms with Gasteiger partial charge < -0.3 is 65.3 Å². The van der Waals surface area contributed by atoms with Gasteiger partial charge in [0.15, 0.2) is 5.78 Å². The highest BCUT2D eigenvalue weighted by Gasteiger charge is 2.35. The monoisotopic (exact) mass is 1000 g/mol. The molecular formula is C50H85N11O10. The van der Waals surface area contributed by atoms with Gasteiger partial charge in [-0.15, -0.1) is 0 Å². The second kappa shape index (κ2) is 34.1. The maximum absolute atomic E-state index is 14.4. The molecule has 0 spiro atoms. The van der Waals surface area contributed by atoms with E-state index in [9.17, 15) is 48.3 Å². The highest BCUT2D eigenvalue weighted by Crippen LogP contribution is 2.18. The van der Waals surface area contributed by atoms with Gasteiger partial charge in [0.1, 0.15) is 36.0 Å². The van der Waals surface area contributed by atoms with E-state index in [0.29, 0.717) is 12.0 Å². The Morgan fingerprint density at radius 3 is 1.85 bits per heavy atom. The number of carbonyl (C=O) groups excluding carboxylic acids is 9. The molecule has 71 heavy (non-hydrogen) atoms. The van der Waals surface area contributed by atoms with E-state index in [-0.39, 0.29) is 102 Å². The number of aliphatic hydroxyl groups excluding tert-OH is 1. The number of hydrogen-bond donors (Lipinski definition) is 12. The second-order valence-electron chi connectivity index (χ2n) is 19.1. The molecule has 1 fully saturated rings. The van der Waals surface area contributed by atoms with Gasteiger partial charge in [-0.1, -0.05) is 83.2 Å². The van der Waals surface area contributed by atoms with Crippen molar-refractivity contribution >= 4 is 52.9 Å². The van der Waals surface area contributed by atoms with E-state index in [0.717, 1.165) is 32.1 Å². The molecule has 9 atom stereocenters. The SMILES string of the molecule is CCCCCCC[C@@H](O)CC(=O)C[C@@H](CCN)C(=O)N[C@@H]1CCNC(=O)[C@H](CC(C)C)NC(=O)[C@H](CCN)NC(=O)[C@H](CCN)NC(=O)[C@H](C)NC(=O)[C@@H](Cc2ccccc2)NC(=O)[C@H](CCN)CC1=O. The summed E-state index contributed by atoms with van der Waals surface area (Å²) in [7, 11) is 0. The second-order valence-corrected chi connectivity index (χ2v) is 19.1. The van der Waals surface area contributed by atoms with E-state index in [1.54, 1.807) is 30.3 Å². The number of amides is 7. The third kappa shape index (κ3) is 23.6. The van der Waals surface area contributed by atoms with Crippen LogP contribution in [-0.2, 0) is 49.6 Å². The molecule has 7 amide bonds. The number of rotatable bonds is 24. The van der Waals surface area contributed by atoms with Crippen LogP contribution in [0.1, 0.15) is 130 Å². The van der Waals surface area contributed by atoms with Gasteiger partial charge in [0.2, 0.25) is 41.4 Å². The first-order chi connectivity index (χ1) is 33.9. The first-order valence-electron chi connectivity index (χ1n) is 25.5. The Morgan fingerprint density at radius 2 is 1.25 bits per heavy atom. The van der Waals surface area contributed by atoms with Gasteiger partial charge >= 0.3 is 0 Å². The molecule has 400 valence electrons. The highest BCUT2D eigenvalue weighted by atomic mass is 16.3. The molecule has 0 aliphatic carbocycles. The summed E-state index contributed by atoms with van der Waals surface area (Å²) in [6, 6.07) is 1.33. The molecular weight excluding hydrogens is 915 g/mol. The quantitative estimate of drug-likeness (QED) is 0.0575. The zero-order chi connectivity index (χ0) is 52.9. The van der Waals surface area contributed by atoms with Gasteiger partial charge in [-0.2, -0.15) is 0 Å². The van der Waals surface area contributed by atoms with Gasteiger partial charge in [0.25, 0.3) is 0 Å². The molecule has 0 saturated carbocycles. The maximum atomic E-state index is 14.4. The van der Waals surface area contributed by atoms with Crippen molar-refractivity contribution in [2.75, 3.05) is 32.7 Å². The summed E-state index contributed by atoms with van der Waals surface area (Å²) in [5, 5.41) is 29.4. The molecule has 1 aromatic carbocycles. The van der Waals surface area contributed by atoms with Crippen molar-refractivity contribution in [3.8, 4) is 0 Å². The van der Waals surface area contributed by atoms with Crippen LogP contribution in [0.15, 0.2) is 30.3 Å². The molecule has 0 aromatic heterocycles. The van der Waals surface area contributed by atoms with Crippen molar-refractivity contribution in [2.24, 2.45) is 40.7 Å². The fourth-order valence-electron chi connectivity index (χ4n) is 8.36. The summed E-state index contributed by atoms with van der Waals surface area (Å²) in [6.45, 7) is 6.90. The van der Waals surface area contributed by atoms with Crippen molar-refractivity contribution in [3.05, 3.63) is 35.9 Å². The first kappa shape index (κ1) is 61.8. The maximum Gasteiger partial charge on any atom is 0.243 e. The molecule has 2 rings (SSSR count). The fourth-order valence-corrected chi connectivity index (χ4v) is 8.36. The van der Waals surface area contributed by atoms with Crippen molar-refractivity contribution < 1.29 is 48.3 Å². The van der Waals surface area contributed by atoms with Gasteiger partial charge in [-0.05, 0) is 89.5 Å². The van der Waals surface area contributed by atoms with E-state index in [2.05, 4.69) is 44.1 Å². The number of hydrogen-bond acceptors (Lipinski definition) is 14. The minimum Gasteiger partial charge on any atom is -0.393 e. The van der Waals surface area contributed by atoms with Crippen molar-refractivity contribution in [3.63, 3.8) is 0 Å². The lowest BCUT2D eigenvalue weighted by atomic mass is 9.91. The summed E-state index contributed by atoms with van der Waals surface area (Å²) in [4.78, 5) is 125. The average Bonchev–Trinajstić information content (AvgIpc) is 3.32. The van der Waals surface area contributed by atoms with Crippen LogP contribution in [0.4, 0.5) is 0 Å². The number of unbranched alkanes of at least 4 members (excludes halogenated alkanes) is 4. The molecule has 0 bridgehead atoms. The minimum atomic E-state index is -1.31. The smallest absolute Gasteiger partial charge is 0.243 e. The van der Waals surface area contributed by atoms with Crippen LogP contribution in [0.5, 0.6) is 0 Å². The average molecular weight is 1000 g/mol. The number of Topliss-reactive ketones (excluding diaryl/α,β-unsaturated/α-hetero) is 2. The molecule has 21 heteroatoms. The lowest BCUT2D eigenvalue weighted by molar-refractivity contribution is -0.136. The summed E-state index contributed by atoms with van der Waals surface area (Å²) in [5.41, 5.74) is 24.2. The molecule has 0 radical (unpaired) electrons. The molecule has 16 N–H and O–H groups in total. The Hall–Kier alpha value is -5.35. The number of carbonyl (C=O) groups is 9. The van der Waals surface area contributed by atoms with Gasteiger partial charge in [0.05, 0.1) is 12.1 Å². The Labute approximate surface area is 419 Å². The third-order valence-electron chi connectivity index (χ3n) is 12.4. The van der Waals surface area contributed by atoms with Crippen molar-refractivity contribution in [1.82, 2.24) is 37.2 Å². The summed E-state index contributed by atoms with van der Waals surface area (Å²) in [6.07, 6.45) is 3.57. The minimum absolute atomic E-state index is 0.00891. The zero-order valence-electron chi connectivity index (χ0n) is 42.4. The van der Waals surface area contributed by atoms with Crippen LogP contribution in [0.3, 0.4) is 0 Å². The van der Waals surface area contributed by atoms with E-state index in [1.807, 2.05) is 13.8 Å². The van der Waals surface area contributed by atoms with Crippen LogP contribution in [0.2, 0.25) is 0 Å². The molecule has 1 aromatic rings. The summed E-state index contributed by atoms with van der Waals surface area (Å²) >= 11 is 0. The molecule has 1 aliphatic heterocycles. The van der Waals surface area contributed by atoms with Gasteiger partial charge in [-0.3, -0.25) is 43.2 Å². The van der Waals surface area contributed by atoms with Crippen LogP contribution >= 0.6 is 0 Å². The normalized spacial score (nSPS) is 23.6. The Balaban J connectivity index is 2.60. The van der Waals surface area contributed by atoms with Crippen LogP contribution in [0.25, 0.3) is 0 Å². The Bertz CT molecular complexity index is 1860. The lowest BCUT2D eigenvalue weighted by Crippen LogP contribution is -2.59. The van der Waals surface area contributed by atoms with Crippen molar-refractivity contribution in [2.45, 2.75) is 173 Å². The zero-order valence-corrected chi connectivity index (χ0v) is 42.4. The van der Waals surface area contributed by atoms with Crippen LogP contribution in [-0.4, -0.2) is 133 Å². The first-order valence-corrected chi connectivity index (χ1v) is 25.5. The largest absolute Gasteiger partial charge is 0.393 e. The van der Waals surface area contributed by atoms with Crippen LogP contribution in [0, 0.1) is 17.8 Å². The Morgan fingerprint density at radius 1 is 0.676 bits per heavy atom. The van der Waals surface area contributed by atoms with E-state index in [4.69, 9.17) is 22.9 Å². The fraction of sp³-hybridized carbons (Fsp3) is 0.700.